The van der Waals surface area contributed by atoms with Crippen molar-refractivity contribution in [2.75, 3.05) is 0 Å². The van der Waals surface area contributed by atoms with Gasteiger partial charge in [0.1, 0.15) is 5.01 Å². The molecule has 0 amide bonds. The zero-order valence-corrected chi connectivity index (χ0v) is 12.2. The summed E-state index contributed by atoms with van der Waals surface area (Å²) in [6.45, 7) is 4.27. The van der Waals surface area contributed by atoms with Crippen molar-refractivity contribution in [2.45, 2.75) is 61.6 Å². The maximum Gasteiger partial charge on any atom is 0.174 e. The summed E-state index contributed by atoms with van der Waals surface area (Å²) in [5.41, 5.74) is 6.23. The van der Waals surface area contributed by atoms with Gasteiger partial charge < -0.3 is 5.73 Å². The van der Waals surface area contributed by atoms with Gasteiger partial charge in [0.15, 0.2) is 4.34 Å². The van der Waals surface area contributed by atoms with Gasteiger partial charge in [0.25, 0.3) is 0 Å². The van der Waals surface area contributed by atoms with E-state index in [9.17, 15) is 0 Å². The number of hydrogen-bond acceptors (Lipinski definition) is 5. The van der Waals surface area contributed by atoms with E-state index in [-0.39, 0.29) is 0 Å². The molecule has 1 heterocycles. The van der Waals surface area contributed by atoms with E-state index in [1.165, 1.54) is 32.1 Å². The highest BCUT2D eigenvalue weighted by atomic mass is 32.2. The van der Waals surface area contributed by atoms with Gasteiger partial charge in [-0.05, 0) is 32.1 Å². The number of rotatable bonds is 4. The molecule has 3 nitrogen and oxygen atoms in total. The van der Waals surface area contributed by atoms with Crippen LogP contribution < -0.4 is 5.73 Å². The second-order valence-electron chi connectivity index (χ2n) is 4.87. The van der Waals surface area contributed by atoms with Gasteiger partial charge >= 0.3 is 0 Å². The van der Waals surface area contributed by atoms with Gasteiger partial charge in [-0.3, -0.25) is 0 Å². The summed E-state index contributed by atoms with van der Waals surface area (Å²) in [6, 6.07) is 0.331. The fourth-order valence-corrected chi connectivity index (χ4v) is 4.86. The first-order valence-corrected chi connectivity index (χ1v) is 8.11. The maximum atomic E-state index is 6.23. The van der Waals surface area contributed by atoms with Crippen LogP contribution >= 0.6 is 23.1 Å². The maximum absolute atomic E-state index is 6.23. The highest BCUT2D eigenvalue weighted by Crippen LogP contribution is 2.38. The Morgan fingerprint density at radius 2 is 2.24 bits per heavy atom. The minimum Gasteiger partial charge on any atom is -0.327 e. The van der Waals surface area contributed by atoms with E-state index >= 15 is 0 Å². The molecule has 96 valence electrons. The average molecular weight is 271 g/mol. The molecule has 1 aromatic heterocycles. The second kappa shape index (κ2) is 6.16. The van der Waals surface area contributed by atoms with E-state index < -0.39 is 0 Å². The minimum absolute atomic E-state index is 0.331. The smallest absolute Gasteiger partial charge is 0.174 e. The van der Waals surface area contributed by atoms with Crippen LogP contribution in [-0.4, -0.2) is 21.5 Å². The number of hydrogen-bond donors (Lipinski definition) is 1. The molecule has 3 unspecified atom stereocenters. The quantitative estimate of drug-likeness (QED) is 0.913. The van der Waals surface area contributed by atoms with Crippen molar-refractivity contribution in [1.29, 1.82) is 0 Å². The molecule has 0 aliphatic heterocycles. The molecular weight excluding hydrogens is 250 g/mol. The van der Waals surface area contributed by atoms with E-state index in [0.717, 1.165) is 15.3 Å². The summed E-state index contributed by atoms with van der Waals surface area (Å²) in [7, 11) is 0. The van der Waals surface area contributed by atoms with Crippen molar-refractivity contribution >= 4 is 23.1 Å². The normalized spacial score (nSPS) is 29.5. The lowest BCUT2D eigenvalue weighted by Crippen LogP contribution is -2.38. The molecule has 0 saturated heterocycles. The molecule has 0 spiro atoms. The first-order valence-electron chi connectivity index (χ1n) is 6.41. The van der Waals surface area contributed by atoms with E-state index in [1.54, 1.807) is 11.3 Å². The Bertz CT molecular complexity index is 353. The Morgan fingerprint density at radius 1 is 1.41 bits per heavy atom. The summed E-state index contributed by atoms with van der Waals surface area (Å²) >= 11 is 3.53. The largest absolute Gasteiger partial charge is 0.327 e. The lowest BCUT2D eigenvalue weighted by Gasteiger charge is -2.33. The predicted molar refractivity (Wildman–Crippen MR) is 74.5 cm³/mol. The third-order valence-electron chi connectivity index (χ3n) is 3.41. The molecule has 1 aliphatic rings. The van der Waals surface area contributed by atoms with Crippen molar-refractivity contribution in [1.82, 2.24) is 10.2 Å². The van der Waals surface area contributed by atoms with Crippen LogP contribution in [0.2, 0.25) is 0 Å². The molecule has 1 saturated carbocycles. The molecule has 1 aliphatic carbocycles. The Balaban J connectivity index is 1.93. The molecule has 3 atom stereocenters. The number of nitrogens with zero attached hydrogens (tertiary/aromatic N) is 2. The fourth-order valence-electron chi connectivity index (χ4n) is 2.50. The SMILES string of the molecule is CCCC1CCC(N)C(Sc2nnc(C)s2)C1. The first-order chi connectivity index (χ1) is 8.19. The molecule has 0 bridgehead atoms. The van der Waals surface area contributed by atoms with Crippen LogP contribution in [0.4, 0.5) is 0 Å². The Labute approximate surface area is 112 Å². The number of aromatic nitrogens is 2. The third kappa shape index (κ3) is 3.66. The third-order valence-corrected chi connectivity index (χ3v) is 5.71. The van der Waals surface area contributed by atoms with E-state index in [1.807, 2.05) is 18.7 Å². The van der Waals surface area contributed by atoms with Gasteiger partial charge in [-0.15, -0.1) is 10.2 Å². The number of nitrogens with two attached hydrogens (primary N) is 1. The zero-order chi connectivity index (χ0) is 12.3. The number of aryl methyl sites for hydroxylation is 1. The number of thioether (sulfide) groups is 1. The van der Waals surface area contributed by atoms with Crippen LogP contribution in [0, 0.1) is 12.8 Å². The van der Waals surface area contributed by atoms with Gasteiger partial charge in [0.2, 0.25) is 0 Å². The summed E-state index contributed by atoms with van der Waals surface area (Å²) in [6.07, 6.45) is 6.35. The van der Waals surface area contributed by atoms with Gasteiger partial charge in [-0.25, -0.2) is 0 Å². The Kier molecular flexibility index (Phi) is 4.82. The molecule has 2 rings (SSSR count). The lowest BCUT2D eigenvalue weighted by molar-refractivity contribution is 0.317. The standard InChI is InChI=1S/C12H21N3S2/c1-3-4-9-5-6-10(13)11(7-9)17-12-15-14-8(2)16-12/h9-11H,3-7,13H2,1-2H3. The van der Waals surface area contributed by atoms with Crippen LogP contribution in [-0.2, 0) is 0 Å². The van der Waals surface area contributed by atoms with Crippen molar-refractivity contribution in [2.24, 2.45) is 11.7 Å². The molecule has 5 heteroatoms. The van der Waals surface area contributed by atoms with Crippen LogP contribution in [0.1, 0.15) is 44.0 Å². The second-order valence-corrected chi connectivity index (χ2v) is 7.54. The Hall–Kier alpha value is -0.130. The van der Waals surface area contributed by atoms with Crippen molar-refractivity contribution in [3.63, 3.8) is 0 Å². The van der Waals surface area contributed by atoms with Crippen LogP contribution in [0.15, 0.2) is 4.34 Å². The highest BCUT2D eigenvalue weighted by Gasteiger charge is 2.29. The summed E-state index contributed by atoms with van der Waals surface area (Å²) in [5, 5.41) is 9.84. The summed E-state index contributed by atoms with van der Waals surface area (Å²) in [5.74, 6) is 0.867. The molecule has 0 aromatic carbocycles. The molecule has 0 radical (unpaired) electrons. The van der Waals surface area contributed by atoms with Crippen molar-refractivity contribution in [3.05, 3.63) is 5.01 Å². The molecule has 2 N–H and O–H groups in total. The van der Waals surface area contributed by atoms with Gasteiger partial charge in [0.05, 0.1) is 0 Å². The zero-order valence-electron chi connectivity index (χ0n) is 10.6. The lowest BCUT2D eigenvalue weighted by atomic mass is 9.83. The van der Waals surface area contributed by atoms with Gasteiger partial charge in [-0.2, -0.15) is 0 Å². The first kappa shape index (κ1) is 13.3. The van der Waals surface area contributed by atoms with Crippen LogP contribution in [0.3, 0.4) is 0 Å². The minimum atomic E-state index is 0.331. The van der Waals surface area contributed by atoms with Gasteiger partial charge in [-0.1, -0.05) is 42.9 Å². The highest BCUT2D eigenvalue weighted by molar-refractivity contribution is 8.01. The van der Waals surface area contributed by atoms with E-state index in [0.29, 0.717) is 11.3 Å². The topological polar surface area (TPSA) is 51.8 Å². The molecule has 1 aromatic rings. The fraction of sp³-hybridized carbons (Fsp3) is 0.833. The summed E-state index contributed by atoms with van der Waals surface area (Å²) < 4.78 is 1.08. The van der Waals surface area contributed by atoms with E-state index in [4.69, 9.17) is 5.73 Å². The summed E-state index contributed by atoms with van der Waals surface area (Å²) in [4.78, 5) is 0. The molecular formula is C12H21N3S2. The van der Waals surface area contributed by atoms with Gasteiger partial charge in [0, 0.05) is 11.3 Å². The predicted octanol–water partition coefficient (Wildman–Crippen LogP) is 3.23. The Morgan fingerprint density at radius 3 is 2.88 bits per heavy atom. The molecule has 17 heavy (non-hydrogen) atoms. The molecule has 1 fully saturated rings. The van der Waals surface area contributed by atoms with E-state index in [2.05, 4.69) is 17.1 Å². The van der Waals surface area contributed by atoms with Crippen LogP contribution in [0.25, 0.3) is 0 Å². The van der Waals surface area contributed by atoms with Crippen LogP contribution in [0.5, 0.6) is 0 Å². The van der Waals surface area contributed by atoms with Crippen molar-refractivity contribution < 1.29 is 0 Å². The van der Waals surface area contributed by atoms with Crippen molar-refractivity contribution in [3.8, 4) is 0 Å². The monoisotopic (exact) mass is 271 g/mol. The average Bonchev–Trinajstić information content (AvgIpc) is 2.69.